The molecule has 4 rings (SSSR count). The van der Waals surface area contributed by atoms with Gasteiger partial charge in [0, 0.05) is 11.8 Å². The van der Waals surface area contributed by atoms with Crippen molar-refractivity contribution in [2.24, 2.45) is 0 Å². The van der Waals surface area contributed by atoms with E-state index in [1.165, 1.54) is 37.5 Å². The number of anilines is 1. The number of esters is 1. The van der Waals surface area contributed by atoms with E-state index in [2.05, 4.69) is 10.0 Å². The van der Waals surface area contributed by atoms with Gasteiger partial charge in [0.15, 0.2) is 17.6 Å². The van der Waals surface area contributed by atoms with Gasteiger partial charge in [0.1, 0.15) is 19.0 Å². The Morgan fingerprint density at radius 2 is 1.82 bits per heavy atom. The average Bonchev–Trinajstić information content (AvgIpc) is 3.36. The van der Waals surface area contributed by atoms with Gasteiger partial charge in [-0.15, -0.1) is 0 Å². The van der Waals surface area contributed by atoms with Crippen molar-refractivity contribution in [3.05, 3.63) is 72.2 Å². The molecule has 0 aliphatic carbocycles. The van der Waals surface area contributed by atoms with Crippen LogP contribution in [0, 0.1) is 0 Å². The third kappa shape index (κ3) is 5.56. The van der Waals surface area contributed by atoms with Crippen LogP contribution in [0.5, 0.6) is 11.5 Å². The second-order valence-corrected chi connectivity index (χ2v) is 9.09. The topological polar surface area (TPSA) is 133 Å². The van der Waals surface area contributed by atoms with Crippen LogP contribution in [0.2, 0.25) is 0 Å². The number of rotatable bonds is 8. The molecule has 1 aliphatic rings. The van der Waals surface area contributed by atoms with Crippen LogP contribution in [0.25, 0.3) is 0 Å². The first kappa shape index (κ1) is 23.3. The normalized spacial score (nSPS) is 13.7. The number of furan rings is 1. The van der Waals surface area contributed by atoms with E-state index in [4.69, 9.17) is 18.6 Å². The van der Waals surface area contributed by atoms with Gasteiger partial charge in [0.05, 0.1) is 23.3 Å². The molecule has 0 spiro atoms. The van der Waals surface area contributed by atoms with Crippen molar-refractivity contribution in [2.45, 2.75) is 24.5 Å². The number of benzene rings is 2. The summed E-state index contributed by atoms with van der Waals surface area (Å²) in [7, 11) is -3.90. The molecule has 178 valence electrons. The van der Waals surface area contributed by atoms with Gasteiger partial charge in [-0.1, -0.05) is 6.07 Å². The van der Waals surface area contributed by atoms with Gasteiger partial charge in [0.2, 0.25) is 10.0 Å². The lowest BCUT2D eigenvalue weighted by Crippen LogP contribution is -2.30. The number of sulfonamides is 1. The SMILES string of the molecule is CC(OC(=O)c1cccc(S(=O)(=O)NCc2ccco2)c1)C(=O)Nc1ccc2c(c1)OCCO2. The second kappa shape index (κ2) is 9.98. The Labute approximate surface area is 195 Å². The highest BCUT2D eigenvalue weighted by molar-refractivity contribution is 7.89. The number of hydrogen-bond donors (Lipinski definition) is 2. The molecule has 11 heteroatoms. The molecular weight excluding hydrogens is 464 g/mol. The van der Waals surface area contributed by atoms with Crippen molar-refractivity contribution in [3.63, 3.8) is 0 Å². The van der Waals surface area contributed by atoms with E-state index >= 15 is 0 Å². The van der Waals surface area contributed by atoms with Crippen molar-refractivity contribution in [3.8, 4) is 11.5 Å². The van der Waals surface area contributed by atoms with Gasteiger partial charge in [-0.25, -0.2) is 17.9 Å². The van der Waals surface area contributed by atoms with Crippen LogP contribution in [0.4, 0.5) is 5.69 Å². The predicted octanol–water partition coefficient (Wildman–Crippen LogP) is 2.71. The van der Waals surface area contributed by atoms with Crippen molar-refractivity contribution in [1.82, 2.24) is 4.72 Å². The lowest BCUT2D eigenvalue weighted by molar-refractivity contribution is -0.123. The third-order valence-electron chi connectivity index (χ3n) is 4.86. The monoisotopic (exact) mass is 486 g/mol. The summed E-state index contributed by atoms with van der Waals surface area (Å²) in [6, 6.07) is 13.6. The maximum atomic E-state index is 12.6. The Hall–Kier alpha value is -3.83. The summed E-state index contributed by atoms with van der Waals surface area (Å²) in [5.41, 5.74) is 0.438. The molecule has 2 aromatic carbocycles. The van der Waals surface area contributed by atoms with Crippen LogP contribution in [0.3, 0.4) is 0 Å². The lowest BCUT2D eigenvalue weighted by Gasteiger charge is -2.19. The Balaban J connectivity index is 1.37. The van der Waals surface area contributed by atoms with Crippen molar-refractivity contribution >= 4 is 27.6 Å². The summed E-state index contributed by atoms with van der Waals surface area (Å²) in [5.74, 6) is 0.128. The van der Waals surface area contributed by atoms with Crippen molar-refractivity contribution < 1.29 is 36.6 Å². The second-order valence-electron chi connectivity index (χ2n) is 7.33. The van der Waals surface area contributed by atoms with Gasteiger partial charge < -0.3 is 23.9 Å². The molecule has 0 radical (unpaired) electrons. The summed E-state index contributed by atoms with van der Waals surface area (Å²) in [6.45, 7) is 2.23. The minimum Gasteiger partial charge on any atom is -0.486 e. The van der Waals surface area contributed by atoms with E-state index in [9.17, 15) is 18.0 Å². The molecule has 0 bridgehead atoms. The number of fused-ring (bicyclic) bond motifs is 1. The zero-order valence-electron chi connectivity index (χ0n) is 18.1. The maximum Gasteiger partial charge on any atom is 0.338 e. The van der Waals surface area contributed by atoms with Gasteiger partial charge in [-0.05, 0) is 49.4 Å². The summed E-state index contributed by atoms with van der Waals surface area (Å²) in [5, 5.41) is 2.65. The minimum atomic E-state index is -3.90. The molecule has 0 fully saturated rings. The fourth-order valence-electron chi connectivity index (χ4n) is 3.10. The molecule has 10 nitrogen and oxygen atoms in total. The first-order valence-corrected chi connectivity index (χ1v) is 11.8. The highest BCUT2D eigenvalue weighted by Crippen LogP contribution is 2.32. The Bertz CT molecular complexity index is 1290. The maximum absolute atomic E-state index is 12.6. The molecule has 1 aromatic heterocycles. The van der Waals surface area contributed by atoms with E-state index in [1.807, 2.05) is 0 Å². The molecule has 2 heterocycles. The number of carbonyl (C=O) groups is 2. The number of hydrogen-bond acceptors (Lipinski definition) is 8. The number of nitrogens with one attached hydrogen (secondary N) is 2. The third-order valence-corrected chi connectivity index (χ3v) is 6.26. The van der Waals surface area contributed by atoms with Crippen LogP contribution in [-0.2, 0) is 26.1 Å². The van der Waals surface area contributed by atoms with Crippen LogP contribution >= 0.6 is 0 Å². The van der Waals surface area contributed by atoms with Gasteiger partial charge >= 0.3 is 5.97 Å². The van der Waals surface area contributed by atoms with Gasteiger partial charge in [-0.3, -0.25) is 4.79 Å². The summed E-state index contributed by atoms with van der Waals surface area (Å²) in [6.07, 6.45) is 0.295. The molecule has 0 saturated heterocycles. The Kier molecular flexibility index (Phi) is 6.85. The Morgan fingerprint density at radius 1 is 1.03 bits per heavy atom. The Morgan fingerprint density at radius 3 is 2.59 bits per heavy atom. The molecule has 1 aliphatic heterocycles. The smallest absolute Gasteiger partial charge is 0.338 e. The fourth-order valence-corrected chi connectivity index (χ4v) is 4.14. The minimum absolute atomic E-state index is 0.0140. The van der Waals surface area contributed by atoms with Crippen LogP contribution in [-0.4, -0.2) is 39.6 Å². The van der Waals surface area contributed by atoms with Crippen LogP contribution in [0.15, 0.2) is 70.2 Å². The van der Waals surface area contributed by atoms with E-state index in [0.717, 1.165) is 0 Å². The molecule has 34 heavy (non-hydrogen) atoms. The largest absolute Gasteiger partial charge is 0.486 e. The molecule has 3 aromatic rings. The summed E-state index contributed by atoms with van der Waals surface area (Å²) < 4.78 is 48.8. The number of amides is 1. The summed E-state index contributed by atoms with van der Waals surface area (Å²) >= 11 is 0. The highest BCUT2D eigenvalue weighted by Gasteiger charge is 2.22. The summed E-state index contributed by atoms with van der Waals surface area (Å²) in [4.78, 5) is 24.9. The molecular formula is C23H22N2O8S. The molecule has 1 amide bonds. The molecule has 2 N–H and O–H groups in total. The molecule has 1 unspecified atom stereocenters. The average molecular weight is 487 g/mol. The molecule has 1 atom stereocenters. The van der Waals surface area contributed by atoms with Crippen molar-refractivity contribution in [1.29, 1.82) is 0 Å². The highest BCUT2D eigenvalue weighted by atomic mass is 32.2. The standard InChI is InChI=1S/C23H22N2O8S/c1-15(22(26)25-17-7-8-20-21(13-17)32-11-10-31-20)33-23(27)16-4-2-6-19(12-16)34(28,29)24-14-18-5-3-9-30-18/h2-9,12-13,15,24H,10-11,14H2,1H3,(H,25,26). The molecule has 0 saturated carbocycles. The van der Waals surface area contributed by atoms with Gasteiger partial charge in [-0.2, -0.15) is 0 Å². The first-order valence-electron chi connectivity index (χ1n) is 10.4. The van der Waals surface area contributed by atoms with Crippen LogP contribution < -0.4 is 19.5 Å². The zero-order chi connectivity index (χ0) is 24.1. The first-order chi connectivity index (χ1) is 16.3. The van der Waals surface area contributed by atoms with E-state index < -0.39 is 28.0 Å². The van der Waals surface area contributed by atoms with E-state index in [1.54, 1.807) is 30.3 Å². The predicted molar refractivity (Wildman–Crippen MR) is 120 cm³/mol. The van der Waals surface area contributed by atoms with Crippen LogP contribution in [0.1, 0.15) is 23.0 Å². The number of ether oxygens (including phenoxy) is 3. The van der Waals surface area contributed by atoms with E-state index in [-0.39, 0.29) is 17.0 Å². The lowest BCUT2D eigenvalue weighted by atomic mass is 10.2. The number of carbonyl (C=O) groups excluding carboxylic acids is 2. The van der Waals surface area contributed by atoms with Crippen molar-refractivity contribution in [2.75, 3.05) is 18.5 Å². The quantitative estimate of drug-likeness (QED) is 0.465. The fraction of sp³-hybridized carbons (Fsp3) is 0.217. The van der Waals surface area contributed by atoms with Gasteiger partial charge in [0.25, 0.3) is 5.91 Å². The van der Waals surface area contributed by atoms with E-state index in [0.29, 0.717) is 36.2 Å². The zero-order valence-corrected chi connectivity index (χ0v) is 19.0.